The summed E-state index contributed by atoms with van der Waals surface area (Å²) < 4.78 is 2.19. The molecule has 2 aromatic heterocycles. The minimum Gasteiger partial charge on any atom is -0.361 e. The van der Waals surface area contributed by atoms with Crippen LogP contribution in [-0.4, -0.2) is 45.9 Å². The monoisotopic (exact) mass is 426 g/mol. The van der Waals surface area contributed by atoms with Crippen LogP contribution >= 0.6 is 0 Å². The van der Waals surface area contributed by atoms with Gasteiger partial charge in [0.25, 0.3) is 11.8 Å². The molecule has 0 spiro atoms. The van der Waals surface area contributed by atoms with Gasteiger partial charge in [0.2, 0.25) is 0 Å². The van der Waals surface area contributed by atoms with Crippen molar-refractivity contribution >= 4 is 44.8 Å². The first-order valence-electron chi connectivity index (χ1n) is 11.1. The van der Waals surface area contributed by atoms with Gasteiger partial charge >= 0.3 is 0 Å². The fraction of sp³-hybridized carbons (Fsp3) is 0.231. The summed E-state index contributed by atoms with van der Waals surface area (Å²) in [6.07, 6.45) is 3.84. The lowest BCUT2D eigenvalue weighted by atomic mass is 9.95. The molecule has 5 rings (SSSR count). The van der Waals surface area contributed by atoms with Gasteiger partial charge in [-0.2, -0.15) is 0 Å². The minimum atomic E-state index is -0.352. The number of imide groups is 1. The highest BCUT2D eigenvalue weighted by Crippen LogP contribution is 2.38. The number of aromatic nitrogens is 2. The minimum absolute atomic E-state index is 0.345. The summed E-state index contributed by atoms with van der Waals surface area (Å²) in [5.41, 5.74) is 4.41. The summed E-state index contributed by atoms with van der Waals surface area (Å²) in [5, 5.41) is 4.43. The molecule has 0 aliphatic carbocycles. The molecule has 1 aliphatic heterocycles. The van der Waals surface area contributed by atoms with Crippen LogP contribution in [-0.2, 0) is 16.1 Å². The number of likely N-dealkylation sites (N-methyl/N-ethyl adjacent to an activating group) is 1. The molecule has 2 amide bonds. The van der Waals surface area contributed by atoms with Gasteiger partial charge in [-0.15, -0.1) is 0 Å². The number of fused-ring (bicyclic) bond motifs is 2. The normalized spacial score (nSPS) is 14.3. The highest BCUT2D eigenvalue weighted by Gasteiger charge is 2.35. The van der Waals surface area contributed by atoms with Crippen LogP contribution in [0.4, 0.5) is 0 Å². The molecule has 2 aromatic carbocycles. The summed E-state index contributed by atoms with van der Waals surface area (Å²) in [5.74, 6) is -0.698. The van der Waals surface area contributed by atoms with Crippen molar-refractivity contribution in [2.24, 2.45) is 0 Å². The summed E-state index contributed by atoms with van der Waals surface area (Å²) in [6, 6.07) is 15.9. The number of aromatic amines is 1. The second-order valence-corrected chi connectivity index (χ2v) is 8.06. The van der Waals surface area contributed by atoms with Gasteiger partial charge in [-0.3, -0.25) is 14.9 Å². The van der Waals surface area contributed by atoms with Gasteiger partial charge in [-0.05, 0) is 25.2 Å². The van der Waals surface area contributed by atoms with E-state index in [2.05, 4.69) is 39.7 Å². The summed E-state index contributed by atoms with van der Waals surface area (Å²) >= 11 is 0. The van der Waals surface area contributed by atoms with Crippen molar-refractivity contribution in [2.45, 2.75) is 20.4 Å². The van der Waals surface area contributed by atoms with Crippen molar-refractivity contribution in [3.05, 3.63) is 72.1 Å². The lowest BCUT2D eigenvalue weighted by Crippen LogP contribution is -2.26. The number of carbonyl (C=O) groups is 2. The first-order valence-corrected chi connectivity index (χ1v) is 11.1. The fourth-order valence-electron chi connectivity index (χ4n) is 4.67. The number of rotatable bonds is 7. The lowest BCUT2D eigenvalue weighted by molar-refractivity contribution is -0.122. The molecule has 0 saturated carbocycles. The Bertz CT molecular complexity index is 1370. The number of hydrogen-bond donors (Lipinski definition) is 2. The van der Waals surface area contributed by atoms with Crippen LogP contribution in [0.3, 0.4) is 0 Å². The number of benzene rings is 2. The topological polar surface area (TPSA) is 70.1 Å². The second kappa shape index (κ2) is 8.13. The highest BCUT2D eigenvalue weighted by molar-refractivity contribution is 6.50. The Morgan fingerprint density at radius 3 is 2.25 bits per heavy atom. The Labute approximate surface area is 186 Å². The van der Waals surface area contributed by atoms with E-state index in [-0.39, 0.29) is 11.8 Å². The molecule has 4 aromatic rings. The van der Waals surface area contributed by atoms with Crippen LogP contribution in [0.25, 0.3) is 33.0 Å². The van der Waals surface area contributed by atoms with E-state index in [0.29, 0.717) is 11.1 Å². The molecule has 1 aliphatic rings. The van der Waals surface area contributed by atoms with Crippen LogP contribution in [0.1, 0.15) is 25.0 Å². The quantitative estimate of drug-likeness (QED) is 0.439. The van der Waals surface area contributed by atoms with E-state index in [9.17, 15) is 9.59 Å². The molecule has 3 heterocycles. The van der Waals surface area contributed by atoms with Gasteiger partial charge in [0, 0.05) is 58.4 Å². The van der Waals surface area contributed by atoms with Crippen LogP contribution in [0, 0.1) is 0 Å². The van der Waals surface area contributed by atoms with Gasteiger partial charge in [-0.25, -0.2) is 0 Å². The molecule has 2 N–H and O–H groups in total. The average Bonchev–Trinajstić information content (AvgIpc) is 3.47. The van der Waals surface area contributed by atoms with Crippen molar-refractivity contribution in [1.82, 2.24) is 19.8 Å². The SMILES string of the molecule is CCN(CC)CCn1cc(C2=C(c3c[nH]c4ccccc34)C(=O)NC2=O)c2ccccc21. The van der Waals surface area contributed by atoms with Gasteiger partial charge in [0.15, 0.2) is 0 Å². The van der Waals surface area contributed by atoms with E-state index in [0.717, 1.165) is 59.1 Å². The van der Waals surface area contributed by atoms with Crippen molar-refractivity contribution in [3.63, 3.8) is 0 Å². The molecule has 6 nitrogen and oxygen atoms in total. The number of carbonyl (C=O) groups excluding carboxylic acids is 2. The van der Waals surface area contributed by atoms with E-state index in [1.807, 2.05) is 54.9 Å². The molecule has 162 valence electrons. The Hall–Kier alpha value is -3.64. The molecule has 0 atom stereocenters. The summed E-state index contributed by atoms with van der Waals surface area (Å²) in [4.78, 5) is 31.5. The van der Waals surface area contributed by atoms with Crippen LogP contribution in [0.2, 0.25) is 0 Å². The van der Waals surface area contributed by atoms with Crippen LogP contribution < -0.4 is 5.32 Å². The number of amides is 2. The summed E-state index contributed by atoms with van der Waals surface area (Å²) in [6.45, 7) is 8.05. The number of H-pyrrole nitrogens is 1. The third kappa shape index (κ3) is 3.24. The van der Waals surface area contributed by atoms with Gasteiger partial charge < -0.3 is 14.5 Å². The smallest absolute Gasteiger partial charge is 0.259 e. The Kier molecular flexibility index (Phi) is 5.15. The van der Waals surface area contributed by atoms with Crippen molar-refractivity contribution in [1.29, 1.82) is 0 Å². The van der Waals surface area contributed by atoms with Gasteiger partial charge in [0.05, 0.1) is 11.1 Å². The molecule has 0 bridgehead atoms. The standard InChI is InChI=1S/C26H26N4O2/c1-3-29(4-2)13-14-30-16-20(18-10-6-8-12-22(18)30)24-23(25(31)28-26(24)32)19-15-27-21-11-7-5-9-17(19)21/h5-12,15-16,27H,3-4,13-14H2,1-2H3,(H,28,31,32). The Morgan fingerprint density at radius 2 is 1.50 bits per heavy atom. The van der Waals surface area contributed by atoms with Crippen LogP contribution in [0.15, 0.2) is 60.9 Å². The first-order chi connectivity index (χ1) is 15.6. The van der Waals surface area contributed by atoms with Crippen LogP contribution in [0.5, 0.6) is 0 Å². The average molecular weight is 427 g/mol. The second-order valence-electron chi connectivity index (χ2n) is 8.06. The Morgan fingerprint density at radius 1 is 0.844 bits per heavy atom. The zero-order valence-corrected chi connectivity index (χ0v) is 18.3. The predicted molar refractivity (Wildman–Crippen MR) is 128 cm³/mol. The lowest BCUT2D eigenvalue weighted by Gasteiger charge is -2.18. The maximum absolute atomic E-state index is 13.0. The first kappa shape index (κ1) is 20.3. The van der Waals surface area contributed by atoms with Crippen molar-refractivity contribution < 1.29 is 9.59 Å². The Balaban J connectivity index is 1.69. The zero-order chi connectivity index (χ0) is 22.2. The molecule has 0 fully saturated rings. The third-order valence-electron chi connectivity index (χ3n) is 6.40. The zero-order valence-electron chi connectivity index (χ0n) is 18.3. The largest absolute Gasteiger partial charge is 0.361 e. The maximum Gasteiger partial charge on any atom is 0.259 e. The number of nitrogens with zero attached hydrogens (tertiary/aromatic N) is 2. The highest BCUT2D eigenvalue weighted by atomic mass is 16.2. The number of para-hydroxylation sites is 2. The van der Waals surface area contributed by atoms with Crippen molar-refractivity contribution in [3.8, 4) is 0 Å². The number of nitrogens with one attached hydrogen (secondary N) is 2. The van der Waals surface area contributed by atoms with E-state index in [4.69, 9.17) is 0 Å². The molecule has 0 unspecified atom stereocenters. The molecule has 6 heteroatoms. The maximum atomic E-state index is 13.0. The van der Waals surface area contributed by atoms with E-state index >= 15 is 0 Å². The fourth-order valence-corrected chi connectivity index (χ4v) is 4.67. The van der Waals surface area contributed by atoms with E-state index < -0.39 is 0 Å². The van der Waals surface area contributed by atoms with E-state index in [1.54, 1.807) is 0 Å². The molecular weight excluding hydrogens is 400 g/mol. The molecular formula is C26H26N4O2. The molecule has 32 heavy (non-hydrogen) atoms. The van der Waals surface area contributed by atoms with Crippen molar-refractivity contribution in [2.75, 3.05) is 19.6 Å². The third-order valence-corrected chi connectivity index (χ3v) is 6.40. The molecule has 0 radical (unpaired) electrons. The van der Waals surface area contributed by atoms with Gasteiger partial charge in [0.1, 0.15) is 0 Å². The van der Waals surface area contributed by atoms with Gasteiger partial charge in [-0.1, -0.05) is 50.2 Å². The number of hydrogen-bond acceptors (Lipinski definition) is 3. The molecule has 0 saturated heterocycles. The van der Waals surface area contributed by atoms with E-state index in [1.165, 1.54) is 0 Å². The predicted octanol–water partition coefficient (Wildman–Crippen LogP) is 4.03. The summed E-state index contributed by atoms with van der Waals surface area (Å²) in [7, 11) is 0.